The van der Waals surface area contributed by atoms with E-state index in [-0.39, 0.29) is 27.6 Å². The van der Waals surface area contributed by atoms with Gasteiger partial charge in [0.1, 0.15) is 5.82 Å². The first-order chi connectivity index (χ1) is 15.8. The lowest BCUT2D eigenvalue weighted by Gasteiger charge is -2.23. The number of rotatable bonds is 9. The van der Waals surface area contributed by atoms with Crippen molar-refractivity contribution in [1.82, 2.24) is 0 Å². The zero-order valence-corrected chi connectivity index (χ0v) is 18.9. The molecule has 0 unspecified atom stereocenters. The van der Waals surface area contributed by atoms with Gasteiger partial charge in [0.2, 0.25) is 5.78 Å². The van der Waals surface area contributed by atoms with Crippen molar-refractivity contribution in [3.05, 3.63) is 107 Å². The SMILES string of the molecule is C=CCN(c1ccccc1)S(=O)(=O)c1ccc(Cl)c(C(=O)OCC(=O)c2ccccc2F)c1. The number of esters is 1. The van der Waals surface area contributed by atoms with E-state index in [1.165, 1.54) is 36.4 Å². The molecule has 0 saturated heterocycles. The first-order valence-electron chi connectivity index (χ1n) is 9.68. The van der Waals surface area contributed by atoms with E-state index >= 15 is 0 Å². The molecular formula is C24H19ClFNO5S. The average Bonchev–Trinajstić information content (AvgIpc) is 2.81. The van der Waals surface area contributed by atoms with Gasteiger partial charge in [-0.05, 0) is 42.5 Å². The summed E-state index contributed by atoms with van der Waals surface area (Å²) in [5.74, 6) is -2.51. The normalized spacial score (nSPS) is 11.0. The molecular weight excluding hydrogens is 469 g/mol. The fraction of sp³-hybridized carbons (Fsp3) is 0.0833. The second-order valence-electron chi connectivity index (χ2n) is 6.78. The van der Waals surface area contributed by atoms with Gasteiger partial charge in [-0.25, -0.2) is 17.6 Å². The molecule has 170 valence electrons. The Kier molecular flexibility index (Phi) is 7.63. The molecule has 0 spiro atoms. The highest BCUT2D eigenvalue weighted by atomic mass is 35.5. The average molecular weight is 488 g/mol. The Labute approximate surface area is 195 Å². The molecule has 3 rings (SSSR count). The minimum Gasteiger partial charge on any atom is -0.454 e. The van der Waals surface area contributed by atoms with Crippen LogP contribution in [0.25, 0.3) is 0 Å². The summed E-state index contributed by atoms with van der Waals surface area (Å²) >= 11 is 6.09. The number of sulfonamides is 1. The highest BCUT2D eigenvalue weighted by Gasteiger charge is 2.26. The number of hydrogen-bond donors (Lipinski definition) is 0. The molecule has 0 bridgehead atoms. The van der Waals surface area contributed by atoms with E-state index < -0.39 is 34.2 Å². The van der Waals surface area contributed by atoms with Gasteiger partial charge >= 0.3 is 5.97 Å². The van der Waals surface area contributed by atoms with Crippen LogP contribution in [0.2, 0.25) is 5.02 Å². The second-order valence-corrected chi connectivity index (χ2v) is 9.05. The number of nitrogens with zero attached hydrogens (tertiary/aromatic N) is 1. The Hall–Kier alpha value is -3.49. The number of anilines is 1. The van der Waals surface area contributed by atoms with Crippen LogP contribution in [-0.2, 0) is 14.8 Å². The Morgan fingerprint density at radius 1 is 1.00 bits per heavy atom. The number of carbonyl (C=O) groups excluding carboxylic acids is 2. The Morgan fingerprint density at radius 3 is 2.33 bits per heavy atom. The lowest BCUT2D eigenvalue weighted by molar-refractivity contribution is 0.0473. The zero-order valence-electron chi connectivity index (χ0n) is 17.3. The van der Waals surface area contributed by atoms with Crippen LogP contribution >= 0.6 is 11.6 Å². The molecule has 0 saturated carbocycles. The molecule has 3 aromatic carbocycles. The van der Waals surface area contributed by atoms with Crippen molar-refractivity contribution in [3.63, 3.8) is 0 Å². The van der Waals surface area contributed by atoms with E-state index in [9.17, 15) is 22.4 Å². The van der Waals surface area contributed by atoms with Gasteiger partial charge in [0.25, 0.3) is 10.0 Å². The van der Waals surface area contributed by atoms with E-state index in [4.69, 9.17) is 16.3 Å². The molecule has 0 amide bonds. The van der Waals surface area contributed by atoms with Crippen LogP contribution in [0.4, 0.5) is 10.1 Å². The fourth-order valence-electron chi connectivity index (χ4n) is 2.98. The number of halogens is 2. The maximum atomic E-state index is 13.8. The third kappa shape index (κ3) is 5.47. The van der Waals surface area contributed by atoms with Crippen molar-refractivity contribution in [2.24, 2.45) is 0 Å². The first kappa shape index (κ1) is 24.2. The van der Waals surface area contributed by atoms with E-state index in [0.717, 1.165) is 16.4 Å². The minimum absolute atomic E-state index is 0.00804. The third-order valence-corrected chi connectivity index (χ3v) is 6.71. The fourth-order valence-corrected chi connectivity index (χ4v) is 4.63. The maximum absolute atomic E-state index is 13.8. The molecule has 0 aliphatic heterocycles. The zero-order chi connectivity index (χ0) is 24.0. The summed E-state index contributed by atoms with van der Waals surface area (Å²) in [6, 6.07) is 17.3. The highest BCUT2D eigenvalue weighted by molar-refractivity contribution is 7.92. The van der Waals surface area contributed by atoms with Gasteiger partial charge in [-0.15, -0.1) is 6.58 Å². The lowest BCUT2D eigenvalue weighted by Crippen LogP contribution is -2.31. The van der Waals surface area contributed by atoms with Crippen molar-refractivity contribution < 1.29 is 27.1 Å². The summed E-state index contributed by atoms with van der Waals surface area (Å²) in [5.41, 5.74) is -0.0618. The van der Waals surface area contributed by atoms with Crippen molar-refractivity contribution in [3.8, 4) is 0 Å². The van der Waals surface area contributed by atoms with E-state index in [0.29, 0.717) is 5.69 Å². The summed E-state index contributed by atoms with van der Waals surface area (Å²) in [4.78, 5) is 24.5. The van der Waals surface area contributed by atoms with E-state index in [2.05, 4.69) is 6.58 Å². The van der Waals surface area contributed by atoms with Gasteiger partial charge in [0.15, 0.2) is 6.61 Å². The molecule has 3 aromatic rings. The van der Waals surface area contributed by atoms with Crippen LogP contribution in [-0.4, -0.2) is 33.3 Å². The van der Waals surface area contributed by atoms with Gasteiger partial charge in [0, 0.05) is 0 Å². The predicted molar refractivity (Wildman–Crippen MR) is 124 cm³/mol. The summed E-state index contributed by atoms with van der Waals surface area (Å²) in [6.07, 6.45) is 1.43. The molecule has 0 aliphatic rings. The second kappa shape index (κ2) is 10.4. The first-order valence-corrected chi connectivity index (χ1v) is 11.5. The molecule has 33 heavy (non-hydrogen) atoms. The van der Waals surface area contributed by atoms with Gasteiger partial charge in [-0.2, -0.15) is 0 Å². The number of ketones is 1. The Morgan fingerprint density at radius 2 is 1.67 bits per heavy atom. The Bertz CT molecular complexity index is 1300. The van der Waals surface area contributed by atoms with Crippen LogP contribution in [0, 0.1) is 5.82 Å². The monoisotopic (exact) mass is 487 g/mol. The molecule has 0 atom stereocenters. The smallest absolute Gasteiger partial charge is 0.340 e. The van der Waals surface area contributed by atoms with Crippen molar-refractivity contribution in [2.75, 3.05) is 17.5 Å². The van der Waals surface area contributed by atoms with Crippen LogP contribution in [0.1, 0.15) is 20.7 Å². The van der Waals surface area contributed by atoms with E-state index in [1.807, 2.05) is 0 Å². The number of Topliss-reactive ketones (excluding diaryl/α,β-unsaturated/α-hetero) is 1. The predicted octanol–water partition coefficient (Wildman–Crippen LogP) is 4.90. The topological polar surface area (TPSA) is 80.8 Å². The van der Waals surface area contributed by atoms with Crippen LogP contribution < -0.4 is 4.31 Å². The number of ether oxygens (including phenoxy) is 1. The van der Waals surface area contributed by atoms with E-state index in [1.54, 1.807) is 30.3 Å². The molecule has 0 heterocycles. The number of hydrogen-bond acceptors (Lipinski definition) is 5. The number of benzene rings is 3. The molecule has 0 N–H and O–H groups in total. The summed E-state index contributed by atoms with van der Waals surface area (Å²) < 4.78 is 46.4. The van der Waals surface area contributed by atoms with Gasteiger partial charge in [-0.3, -0.25) is 9.10 Å². The standard InChI is InChI=1S/C24H19ClFNO5S/c1-2-14-27(17-8-4-3-5-9-17)33(30,31)18-12-13-21(25)20(15-18)24(29)32-16-23(28)19-10-6-7-11-22(19)26/h2-13,15H,1,14,16H2. The molecule has 0 radical (unpaired) electrons. The summed E-state index contributed by atoms with van der Waals surface area (Å²) in [7, 11) is -4.09. The third-order valence-electron chi connectivity index (χ3n) is 4.59. The molecule has 6 nitrogen and oxygen atoms in total. The summed E-state index contributed by atoms with van der Waals surface area (Å²) in [5, 5.41) is -0.0627. The number of para-hydroxylation sites is 1. The minimum atomic E-state index is -4.09. The van der Waals surface area contributed by atoms with Crippen LogP contribution in [0.5, 0.6) is 0 Å². The molecule has 0 aromatic heterocycles. The highest BCUT2D eigenvalue weighted by Crippen LogP contribution is 2.27. The number of carbonyl (C=O) groups is 2. The van der Waals surface area contributed by atoms with Gasteiger partial charge in [-0.1, -0.05) is 48.0 Å². The molecule has 9 heteroatoms. The molecule has 0 fully saturated rings. The van der Waals surface area contributed by atoms with Crippen molar-refractivity contribution in [2.45, 2.75) is 4.90 Å². The van der Waals surface area contributed by atoms with Gasteiger partial charge in [0.05, 0.1) is 33.3 Å². The maximum Gasteiger partial charge on any atom is 0.340 e. The molecule has 0 aliphatic carbocycles. The van der Waals surface area contributed by atoms with Gasteiger partial charge < -0.3 is 4.74 Å². The quantitative estimate of drug-likeness (QED) is 0.243. The summed E-state index contributed by atoms with van der Waals surface area (Å²) in [6.45, 7) is 2.86. The van der Waals surface area contributed by atoms with Crippen LogP contribution in [0.15, 0.2) is 90.3 Å². The van der Waals surface area contributed by atoms with Crippen molar-refractivity contribution >= 4 is 39.1 Å². The van der Waals surface area contributed by atoms with Crippen LogP contribution in [0.3, 0.4) is 0 Å². The largest absolute Gasteiger partial charge is 0.454 e. The lowest BCUT2D eigenvalue weighted by atomic mass is 10.1. The Balaban J connectivity index is 1.86. The van der Waals surface area contributed by atoms with Crippen molar-refractivity contribution in [1.29, 1.82) is 0 Å².